The topological polar surface area (TPSA) is 72.2 Å². The van der Waals surface area contributed by atoms with Crippen LogP contribution in [0.1, 0.15) is 26.6 Å². The average molecular weight is 360 g/mol. The summed E-state index contributed by atoms with van der Waals surface area (Å²) in [6, 6.07) is 5.84. The Morgan fingerprint density at radius 1 is 1.32 bits per heavy atom. The summed E-state index contributed by atoms with van der Waals surface area (Å²) in [4.78, 5) is 29.9. The van der Waals surface area contributed by atoms with Crippen LogP contribution < -0.4 is 5.56 Å². The molecule has 7 heteroatoms. The van der Waals surface area contributed by atoms with Crippen molar-refractivity contribution in [3.63, 3.8) is 0 Å². The Kier molecular flexibility index (Phi) is 4.20. The van der Waals surface area contributed by atoms with Crippen LogP contribution in [-0.2, 0) is 16.8 Å². The van der Waals surface area contributed by atoms with Gasteiger partial charge in [0.15, 0.2) is 0 Å². The van der Waals surface area contributed by atoms with Crippen LogP contribution >= 0.6 is 11.3 Å². The quantitative estimate of drug-likeness (QED) is 0.771. The molecule has 0 aliphatic heterocycles. The Morgan fingerprint density at radius 3 is 2.52 bits per heavy atom. The predicted octanol–water partition coefficient (Wildman–Crippen LogP) is 3.65. The van der Waals surface area contributed by atoms with Crippen LogP contribution in [0.2, 0.25) is 0 Å². The second kappa shape index (κ2) is 6.07. The van der Waals surface area contributed by atoms with Gasteiger partial charge in [-0.3, -0.25) is 9.36 Å². The lowest BCUT2D eigenvalue weighted by atomic mass is 10.0. The molecule has 25 heavy (non-hydrogen) atoms. The lowest BCUT2D eigenvalue weighted by Crippen LogP contribution is -2.44. The van der Waals surface area contributed by atoms with Crippen molar-refractivity contribution in [2.75, 3.05) is 0 Å². The Bertz CT molecular complexity index is 1020. The van der Waals surface area contributed by atoms with Gasteiger partial charge in [0.25, 0.3) is 5.56 Å². The fourth-order valence-electron chi connectivity index (χ4n) is 2.78. The molecule has 1 aromatic carbocycles. The van der Waals surface area contributed by atoms with Crippen molar-refractivity contribution < 1.29 is 14.3 Å². The molecule has 0 aliphatic rings. The molecule has 5 nitrogen and oxygen atoms in total. The van der Waals surface area contributed by atoms with Crippen molar-refractivity contribution in [1.82, 2.24) is 9.55 Å². The number of halogens is 1. The molecule has 0 saturated carbocycles. The van der Waals surface area contributed by atoms with E-state index in [0.717, 1.165) is 0 Å². The smallest absolute Gasteiger partial charge is 0.329 e. The molecule has 130 valence electrons. The van der Waals surface area contributed by atoms with E-state index in [0.29, 0.717) is 33.6 Å². The molecule has 2 aromatic heterocycles. The van der Waals surface area contributed by atoms with E-state index in [-0.39, 0.29) is 5.82 Å². The number of hydrogen-bond donors (Lipinski definition) is 1. The first-order valence-electron chi connectivity index (χ1n) is 7.80. The summed E-state index contributed by atoms with van der Waals surface area (Å²) in [6.45, 7) is 4.79. The maximum Gasteiger partial charge on any atom is 0.329 e. The summed E-state index contributed by atoms with van der Waals surface area (Å²) in [5.41, 5.74) is -0.494. The van der Waals surface area contributed by atoms with Gasteiger partial charge in [0.1, 0.15) is 22.0 Å². The molecule has 3 aromatic rings. The van der Waals surface area contributed by atoms with Crippen molar-refractivity contribution in [2.45, 2.75) is 32.7 Å². The number of aliphatic carboxylic acids is 1. The van der Waals surface area contributed by atoms with E-state index in [2.05, 4.69) is 4.98 Å². The molecule has 0 atom stereocenters. The summed E-state index contributed by atoms with van der Waals surface area (Å²) in [5.74, 6) is -1.04. The molecular formula is C18H17FN2O3S. The van der Waals surface area contributed by atoms with E-state index < -0.39 is 17.1 Å². The van der Waals surface area contributed by atoms with Gasteiger partial charge in [-0.2, -0.15) is 0 Å². The lowest BCUT2D eigenvalue weighted by Gasteiger charge is -2.25. The highest BCUT2D eigenvalue weighted by molar-refractivity contribution is 7.17. The normalized spacial score (nSPS) is 11.8. The third-order valence-electron chi connectivity index (χ3n) is 4.23. The van der Waals surface area contributed by atoms with Crippen LogP contribution in [0.4, 0.5) is 4.39 Å². The molecule has 0 saturated heterocycles. The minimum absolute atomic E-state index is 0.362. The van der Waals surface area contributed by atoms with E-state index in [9.17, 15) is 19.1 Å². The molecule has 0 spiro atoms. The first-order chi connectivity index (χ1) is 11.8. The maximum atomic E-state index is 13.2. The van der Waals surface area contributed by atoms with Crippen molar-refractivity contribution in [3.05, 3.63) is 51.6 Å². The number of carboxylic acid groups (broad SMARTS) is 1. The lowest BCUT2D eigenvalue weighted by molar-refractivity contribution is -0.146. The average Bonchev–Trinajstić information content (AvgIpc) is 2.99. The monoisotopic (exact) mass is 360 g/mol. The number of nitrogens with zero attached hydrogens (tertiary/aromatic N) is 2. The highest BCUT2D eigenvalue weighted by Gasteiger charge is 2.34. The van der Waals surface area contributed by atoms with Crippen LogP contribution in [0, 0.1) is 5.82 Å². The molecule has 0 radical (unpaired) electrons. The van der Waals surface area contributed by atoms with Gasteiger partial charge >= 0.3 is 5.97 Å². The zero-order valence-corrected chi connectivity index (χ0v) is 14.9. The van der Waals surface area contributed by atoms with Crippen LogP contribution in [0.3, 0.4) is 0 Å². The number of carboxylic acids is 1. The van der Waals surface area contributed by atoms with Crippen LogP contribution in [-0.4, -0.2) is 20.6 Å². The second-order valence-corrected chi connectivity index (χ2v) is 7.08. The van der Waals surface area contributed by atoms with E-state index in [1.165, 1.54) is 41.9 Å². The highest BCUT2D eigenvalue weighted by Crippen LogP contribution is 2.32. The van der Waals surface area contributed by atoms with Gasteiger partial charge in [-0.05, 0) is 31.5 Å². The number of aromatic nitrogens is 2. The fourth-order valence-corrected chi connectivity index (χ4v) is 3.74. The zero-order valence-electron chi connectivity index (χ0n) is 14.0. The van der Waals surface area contributed by atoms with Crippen LogP contribution in [0.15, 0.2) is 34.4 Å². The highest BCUT2D eigenvalue weighted by atomic mass is 32.1. The number of aryl methyl sites for hydroxylation is 1. The number of hydrogen-bond acceptors (Lipinski definition) is 4. The van der Waals surface area contributed by atoms with Crippen molar-refractivity contribution in [3.8, 4) is 11.1 Å². The Balaban J connectivity index is 2.37. The molecule has 0 aliphatic carbocycles. The van der Waals surface area contributed by atoms with Gasteiger partial charge in [-0.25, -0.2) is 14.2 Å². The minimum atomic E-state index is -1.42. The first kappa shape index (κ1) is 17.3. The number of thiophene rings is 1. The first-order valence-corrected chi connectivity index (χ1v) is 8.68. The molecule has 0 amide bonds. The number of benzene rings is 1. The molecule has 0 unspecified atom stereocenters. The zero-order chi connectivity index (χ0) is 18.4. The van der Waals surface area contributed by atoms with Crippen molar-refractivity contribution in [2.24, 2.45) is 0 Å². The fraction of sp³-hybridized carbons (Fsp3) is 0.278. The molecule has 2 heterocycles. The van der Waals surface area contributed by atoms with Gasteiger partial charge < -0.3 is 5.11 Å². The van der Waals surface area contributed by atoms with Gasteiger partial charge in [0.05, 0.1) is 5.39 Å². The standard InChI is InChI=1S/C18H17FN2O3S/c1-4-13-20-15-14(16(22)21(13)18(2,3)17(23)24)12(9-25-15)10-5-7-11(19)8-6-10/h5-9H,4H2,1-3H3,(H,23,24). The predicted molar refractivity (Wildman–Crippen MR) is 95.6 cm³/mol. The SMILES string of the molecule is CCc1nc2scc(-c3ccc(F)cc3)c2c(=O)n1C(C)(C)C(=O)O. The van der Waals surface area contributed by atoms with Gasteiger partial charge in [-0.15, -0.1) is 11.3 Å². The number of carbonyl (C=O) groups is 1. The minimum Gasteiger partial charge on any atom is -0.480 e. The van der Waals surface area contributed by atoms with Crippen LogP contribution in [0.25, 0.3) is 21.3 Å². The summed E-state index contributed by atoms with van der Waals surface area (Å²) < 4.78 is 14.4. The number of fused-ring (bicyclic) bond motifs is 1. The van der Waals surface area contributed by atoms with Crippen molar-refractivity contribution >= 4 is 27.5 Å². The summed E-state index contributed by atoms with van der Waals surface area (Å²) >= 11 is 1.32. The van der Waals surface area contributed by atoms with Gasteiger partial charge in [0, 0.05) is 17.4 Å². The second-order valence-electron chi connectivity index (χ2n) is 6.22. The summed E-state index contributed by atoms with van der Waals surface area (Å²) in [7, 11) is 0. The number of rotatable bonds is 4. The maximum absolute atomic E-state index is 13.2. The van der Waals surface area contributed by atoms with Gasteiger partial charge in [-0.1, -0.05) is 19.1 Å². The molecule has 1 N–H and O–H groups in total. The van der Waals surface area contributed by atoms with Crippen molar-refractivity contribution in [1.29, 1.82) is 0 Å². The molecule has 0 fully saturated rings. The molecular weight excluding hydrogens is 343 g/mol. The Morgan fingerprint density at radius 2 is 1.96 bits per heavy atom. The molecule has 3 rings (SSSR count). The van der Waals surface area contributed by atoms with E-state index in [1.54, 1.807) is 17.5 Å². The van der Waals surface area contributed by atoms with E-state index in [1.807, 2.05) is 6.92 Å². The molecule has 0 bridgehead atoms. The largest absolute Gasteiger partial charge is 0.480 e. The van der Waals surface area contributed by atoms with E-state index >= 15 is 0 Å². The third kappa shape index (κ3) is 2.74. The summed E-state index contributed by atoms with van der Waals surface area (Å²) in [6.07, 6.45) is 0.436. The van der Waals surface area contributed by atoms with Gasteiger partial charge in [0.2, 0.25) is 0 Å². The Labute approximate surface area is 147 Å². The summed E-state index contributed by atoms with van der Waals surface area (Å²) in [5, 5.41) is 11.7. The van der Waals surface area contributed by atoms with E-state index in [4.69, 9.17) is 0 Å². The Hall–Kier alpha value is -2.54. The van der Waals surface area contributed by atoms with Crippen LogP contribution in [0.5, 0.6) is 0 Å². The third-order valence-corrected chi connectivity index (χ3v) is 5.10.